The summed E-state index contributed by atoms with van der Waals surface area (Å²) in [6.45, 7) is 6.11. The molecule has 0 fully saturated rings. The Kier molecular flexibility index (Phi) is 8.60. The van der Waals surface area contributed by atoms with E-state index in [2.05, 4.69) is 15.5 Å². The van der Waals surface area contributed by atoms with Crippen molar-refractivity contribution in [2.45, 2.75) is 46.1 Å². The number of hydrogen-bond acceptors (Lipinski definition) is 5. The number of nitrogens with one attached hydrogen (secondary N) is 1. The molecule has 0 saturated carbocycles. The fourth-order valence-electron chi connectivity index (χ4n) is 2.07. The molecule has 1 unspecified atom stereocenters. The molecule has 0 saturated heterocycles. The Morgan fingerprint density at radius 3 is 2.52 bits per heavy atom. The lowest BCUT2D eigenvalue weighted by Crippen LogP contribution is -2.26. The zero-order chi connectivity index (χ0) is 17.1. The van der Waals surface area contributed by atoms with Gasteiger partial charge in [0, 0.05) is 12.5 Å². The van der Waals surface area contributed by atoms with Crippen molar-refractivity contribution in [3.63, 3.8) is 0 Å². The fraction of sp³-hybridized carbons (Fsp3) is 0.471. The largest absolute Gasteiger partial charge is 0.418 e. The van der Waals surface area contributed by atoms with E-state index in [0.29, 0.717) is 18.3 Å². The Hall–Kier alpha value is -2.21. The first-order valence-corrected chi connectivity index (χ1v) is 8.06. The van der Waals surface area contributed by atoms with Gasteiger partial charge in [-0.25, -0.2) is 0 Å². The summed E-state index contributed by atoms with van der Waals surface area (Å²) in [6, 6.07) is 9.28. The first-order chi connectivity index (χ1) is 11.2. The molecule has 1 aromatic carbocycles. The third-order valence-electron chi connectivity index (χ3n) is 3.08. The molecule has 2 rings (SSSR count). The standard InChI is InChI=1S/C15H20N4O2.C2H6/c1-11(20)17-13(9-5-6-10-16)15-19-18-14(21-15)12-7-3-2-4-8-12;1-2/h2-4,7-8,13H,5-6,9-10,16H2,1H3,(H,17,20);1-2H3. The Morgan fingerprint density at radius 2 is 1.91 bits per heavy atom. The Balaban J connectivity index is 0.00000127. The Bertz CT molecular complexity index is 569. The molecule has 1 atom stereocenters. The van der Waals surface area contributed by atoms with Gasteiger partial charge in [-0.3, -0.25) is 4.79 Å². The second kappa shape index (κ2) is 10.5. The maximum atomic E-state index is 11.3. The van der Waals surface area contributed by atoms with E-state index in [4.69, 9.17) is 10.2 Å². The lowest BCUT2D eigenvalue weighted by atomic mass is 10.1. The highest BCUT2D eigenvalue weighted by Crippen LogP contribution is 2.23. The number of carbonyl (C=O) groups excluding carboxylic acids is 1. The molecule has 0 spiro atoms. The number of unbranched alkanes of at least 4 members (excludes halogenated alkanes) is 1. The van der Waals surface area contributed by atoms with Gasteiger partial charge in [0.05, 0.1) is 0 Å². The Morgan fingerprint density at radius 1 is 1.22 bits per heavy atom. The quantitative estimate of drug-likeness (QED) is 0.765. The third-order valence-corrected chi connectivity index (χ3v) is 3.08. The number of benzene rings is 1. The van der Waals surface area contributed by atoms with Gasteiger partial charge in [0.2, 0.25) is 17.7 Å². The molecule has 6 nitrogen and oxygen atoms in total. The molecule has 23 heavy (non-hydrogen) atoms. The Labute approximate surface area is 137 Å². The number of nitrogens with two attached hydrogens (primary N) is 1. The first-order valence-electron chi connectivity index (χ1n) is 8.06. The van der Waals surface area contributed by atoms with Gasteiger partial charge in [-0.05, 0) is 37.9 Å². The van der Waals surface area contributed by atoms with Gasteiger partial charge in [-0.15, -0.1) is 10.2 Å². The summed E-state index contributed by atoms with van der Waals surface area (Å²) in [5.74, 6) is 0.771. The van der Waals surface area contributed by atoms with Crippen LogP contribution in [0.3, 0.4) is 0 Å². The van der Waals surface area contributed by atoms with E-state index in [1.807, 2.05) is 44.2 Å². The van der Waals surface area contributed by atoms with Crippen LogP contribution in [0.5, 0.6) is 0 Å². The van der Waals surface area contributed by atoms with Crippen molar-refractivity contribution in [3.8, 4) is 11.5 Å². The highest BCUT2D eigenvalue weighted by atomic mass is 16.4. The van der Waals surface area contributed by atoms with Gasteiger partial charge in [-0.2, -0.15) is 0 Å². The lowest BCUT2D eigenvalue weighted by molar-refractivity contribution is -0.119. The van der Waals surface area contributed by atoms with Crippen LogP contribution in [0.15, 0.2) is 34.7 Å². The summed E-state index contributed by atoms with van der Waals surface area (Å²) in [4.78, 5) is 11.3. The van der Waals surface area contributed by atoms with Crippen LogP contribution in [-0.4, -0.2) is 22.6 Å². The van der Waals surface area contributed by atoms with E-state index in [-0.39, 0.29) is 11.9 Å². The number of amides is 1. The minimum absolute atomic E-state index is 0.118. The summed E-state index contributed by atoms with van der Waals surface area (Å²) in [7, 11) is 0. The highest BCUT2D eigenvalue weighted by molar-refractivity contribution is 5.73. The van der Waals surface area contributed by atoms with Gasteiger partial charge in [0.25, 0.3) is 0 Å². The van der Waals surface area contributed by atoms with E-state index >= 15 is 0 Å². The summed E-state index contributed by atoms with van der Waals surface area (Å²) >= 11 is 0. The lowest BCUT2D eigenvalue weighted by Gasteiger charge is -2.13. The predicted octanol–water partition coefficient (Wildman–Crippen LogP) is 3.07. The van der Waals surface area contributed by atoms with Gasteiger partial charge in [0.1, 0.15) is 6.04 Å². The van der Waals surface area contributed by atoms with E-state index in [1.165, 1.54) is 6.92 Å². The SMILES string of the molecule is CC.CC(=O)NC(CCCCN)c1nnc(-c2ccccc2)o1. The zero-order valence-corrected chi connectivity index (χ0v) is 14.1. The number of aromatic nitrogens is 2. The average molecular weight is 318 g/mol. The molecule has 126 valence electrons. The maximum Gasteiger partial charge on any atom is 0.247 e. The van der Waals surface area contributed by atoms with Gasteiger partial charge in [-0.1, -0.05) is 32.0 Å². The van der Waals surface area contributed by atoms with Crippen LogP contribution in [-0.2, 0) is 4.79 Å². The van der Waals surface area contributed by atoms with Crippen LogP contribution in [0.1, 0.15) is 52.0 Å². The molecule has 6 heteroatoms. The molecule has 2 aromatic rings. The van der Waals surface area contributed by atoms with E-state index in [9.17, 15) is 4.79 Å². The summed E-state index contributed by atoms with van der Waals surface area (Å²) in [6.07, 6.45) is 2.52. The topological polar surface area (TPSA) is 94.0 Å². The number of rotatable bonds is 7. The van der Waals surface area contributed by atoms with Gasteiger partial charge in [0.15, 0.2) is 0 Å². The molecule has 0 aliphatic heterocycles. The van der Waals surface area contributed by atoms with Crippen molar-refractivity contribution in [1.82, 2.24) is 15.5 Å². The van der Waals surface area contributed by atoms with Gasteiger partial charge >= 0.3 is 0 Å². The molecule has 3 N–H and O–H groups in total. The molecular formula is C17H26N4O2. The molecule has 0 aliphatic carbocycles. The van der Waals surface area contributed by atoms with E-state index in [0.717, 1.165) is 24.8 Å². The molecule has 1 aromatic heterocycles. The third kappa shape index (κ3) is 6.20. The summed E-state index contributed by atoms with van der Waals surface area (Å²) in [5, 5.41) is 11.0. The van der Waals surface area contributed by atoms with Crippen molar-refractivity contribution in [1.29, 1.82) is 0 Å². The molecule has 0 aliphatic rings. The van der Waals surface area contributed by atoms with Crippen molar-refractivity contribution in [2.24, 2.45) is 5.73 Å². The first kappa shape index (κ1) is 18.8. The number of carbonyl (C=O) groups is 1. The highest BCUT2D eigenvalue weighted by Gasteiger charge is 2.19. The van der Waals surface area contributed by atoms with Crippen LogP contribution in [0.4, 0.5) is 0 Å². The smallest absolute Gasteiger partial charge is 0.247 e. The van der Waals surface area contributed by atoms with Crippen LogP contribution < -0.4 is 11.1 Å². The summed E-state index contributed by atoms with van der Waals surface area (Å²) in [5.41, 5.74) is 6.36. The zero-order valence-electron chi connectivity index (χ0n) is 14.1. The maximum absolute atomic E-state index is 11.3. The van der Waals surface area contributed by atoms with Crippen molar-refractivity contribution < 1.29 is 9.21 Å². The predicted molar refractivity (Wildman–Crippen MR) is 90.5 cm³/mol. The van der Waals surface area contributed by atoms with Crippen molar-refractivity contribution in [3.05, 3.63) is 36.2 Å². The van der Waals surface area contributed by atoms with Crippen LogP contribution in [0.2, 0.25) is 0 Å². The normalized spacial score (nSPS) is 11.3. The summed E-state index contributed by atoms with van der Waals surface area (Å²) < 4.78 is 5.70. The second-order valence-corrected chi connectivity index (χ2v) is 4.85. The minimum atomic E-state index is -0.265. The number of hydrogen-bond donors (Lipinski definition) is 2. The van der Waals surface area contributed by atoms with Crippen molar-refractivity contribution >= 4 is 5.91 Å². The van der Waals surface area contributed by atoms with Gasteiger partial charge < -0.3 is 15.5 Å². The monoisotopic (exact) mass is 318 g/mol. The minimum Gasteiger partial charge on any atom is -0.418 e. The van der Waals surface area contributed by atoms with Crippen LogP contribution in [0, 0.1) is 0 Å². The van der Waals surface area contributed by atoms with Crippen LogP contribution in [0.25, 0.3) is 11.5 Å². The number of nitrogens with zero attached hydrogens (tertiary/aromatic N) is 2. The van der Waals surface area contributed by atoms with E-state index in [1.54, 1.807) is 0 Å². The molecule has 0 radical (unpaired) electrons. The molecule has 1 amide bonds. The van der Waals surface area contributed by atoms with E-state index < -0.39 is 0 Å². The second-order valence-electron chi connectivity index (χ2n) is 4.85. The van der Waals surface area contributed by atoms with Crippen molar-refractivity contribution in [2.75, 3.05) is 6.54 Å². The molecular weight excluding hydrogens is 292 g/mol. The molecule has 0 bridgehead atoms. The molecule has 1 heterocycles. The van der Waals surface area contributed by atoms with Crippen LogP contribution >= 0.6 is 0 Å². The fourth-order valence-corrected chi connectivity index (χ4v) is 2.07. The average Bonchev–Trinajstić information content (AvgIpc) is 3.06.